The van der Waals surface area contributed by atoms with Crippen LogP contribution in [-0.2, 0) is 9.53 Å². The highest BCUT2D eigenvalue weighted by Crippen LogP contribution is 2.22. The Morgan fingerprint density at radius 3 is 2.34 bits per heavy atom. The van der Waals surface area contributed by atoms with Crippen molar-refractivity contribution in [2.45, 2.75) is 13.8 Å². The minimum Gasteiger partial charge on any atom is -0.462 e. The molecule has 8 heteroatoms. The normalized spacial score (nSPS) is 10.4. The van der Waals surface area contributed by atoms with Crippen molar-refractivity contribution in [3.05, 3.63) is 65.9 Å². The molecule has 0 aliphatic heterocycles. The first kappa shape index (κ1) is 21.6. The van der Waals surface area contributed by atoms with Crippen molar-refractivity contribution in [1.82, 2.24) is 0 Å². The van der Waals surface area contributed by atoms with Gasteiger partial charge in [-0.1, -0.05) is 12.1 Å². The number of Topliss-reactive ketones (excluding diaryl/α,β-unsaturated/α-hetero) is 1. The largest absolute Gasteiger partial charge is 0.462 e. The number of carbonyl (C=O) groups excluding carboxylic acids is 2. The van der Waals surface area contributed by atoms with Crippen LogP contribution in [0, 0.1) is 11.3 Å². The molecular formula is C21H20N4O3S. The molecule has 0 amide bonds. The van der Waals surface area contributed by atoms with Crippen LogP contribution in [0.2, 0.25) is 0 Å². The Morgan fingerprint density at radius 1 is 1.10 bits per heavy atom. The van der Waals surface area contributed by atoms with E-state index in [0.717, 1.165) is 5.69 Å². The molecule has 2 rings (SSSR count). The molecule has 2 aromatic rings. The number of ether oxygens (including phenoxy) is 1. The Morgan fingerprint density at radius 2 is 1.76 bits per heavy atom. The number of ketones is 1. The molecule has 3 N–H and O–H groups in total. The Labute approximate surface area is 174 Å². The van der Waals surface area contributed by atoms with E-state index in [9.17, 15) is 9.59 Å². The Bertz CT molecular complexity index is 978. The standard InChI is InChI=1S/C21H20N4O3S/c1-3-28-20(27)16(12-22)13-23-18-6-4-5-7-19(18)25-21(29)24-17-10-8-15(9-11-17)14(2)26/h4-11,13,23H,3H2,1-2H3,(H2,24,25,29)/b16-13+. The molecule has 7 nitrogen and oxygen atoms in total. The summed E-state index contributed by atoms with van der Waals surface area (Å²) in [6.07, 6.45) is 1.29. The second kappa shape index (κ2) is 10.6. The summed E-state index contributed by atoms with van der Waals surface area (Å²) in [6.45, 7) is 3.36. The number of anilines is 3. The number of benzene rings is 2. The summed E-state index contributed by atoms with van der Waals surface area (Å²) in [6, 6.07) is 15.9. The van der Waals surface area contributed by atoms with Crippen molar-refractivity contribution in [1.29, 1.82) is 5.26 Å². The number of para-hydroxylation sites is 2. The number of carbonyl (C=O) groups is 2. The van der Waals surface area contributed by atoms with Gasteiger partial charge in [-0.25, -0.2) is 4.79 Å². The van der Waals surface area contributed by atoms with Crippen LogP contribution in [0.3, 0.4) is 0 Å². The quantitative estimate of drug-likeness (QED) is 0.207. The van der Waals surface area contributed by atoms with Gasteiger partial charge in [0.25, 0.3) is 0 Å². The molecule has 0 unspecified atom stereocenters. The van der Waals surface area contributed by atoms with Gasteiger partial charge in [-0.05, 0) is 62.5 Å². The Kier molecular flexibility index (Phi) is 7.88. The maximum absolute atomic E-state index is 11.7. The molecule has 0 saturated carbocycles. The van der Waals surface area contributed by atoms with Gasteiger partial charge in [-0.3, -0.25) is 4.79 Å². The molecule has 0 aromatic heterocycles. The maximum atomic E-state index is 11.7. The molecular weight excluding hydrogens is 388 g/mol. The number of esters is 1. The van der Waals surface area contributed by atoms with Crippen LogP contribution in [-0.4, -0.2) is 23.5 Å². The van der Waals surface area contributed by atoms with Crippen LogP contribution < -0.4 is 16.0 Å². The minimum atomic E-state index is -0.695. The Hall–Kier alpha value is -3.70. The summed E-state index contributed by atoms with van der Waals surface area (Å²) in [4.78, 5) is 23.1. The molecule has 0 heterocycles. The fourth-order valence-corrected chi connectivity index (χ4v) is 2.51. The second-order valence-electron chi connectivity index (χ2n) is 5.79. The van der Waals surface area contributed by atoms with Crippen molar-refractivity contribution >= 4 is 46.1 Å². The van der Waals surface area contributed by atoms with Crippen molar-refractivity contribution in [2.24, 2.45) is 0 Å². The predicted octanol–water partition coefficient (Wildman–Crippen LogP) is 4.08. The lowest BCUT2D eigenvalue weighted by molar-refractivity contribution is -0.138. The number of hydrogen-bond donors (Lipinski definition) is 3. The zero-order valence-electron chi connectivity index (χ0n) is 16.0. The first-order valence-electron chi connectivity index (χ1n) is 8.76. The van der Waals surface area contributed by atoms with Crippen molar-refractivity contribution in [3.8, 4) is 6.07 Å². The lowest BCUT2D eigenvalue weighted by Crippen LogP contribution is -2.19. The smallest absolute Gasteiger partial charge is 0.350 e. The van der Waals surface area contributed by atoms with E-state index < -0.39 is 5.97 Å². The van der Waals surface area contributed by atoms with Gasteiger partial charge in [-0.15, -0.1) is 0 Å². The molecule has 0 fully saturated rings. The lowest BCUT2D eigenvalue weighted by atomic mass is 10.1. The average molecular weight is 408 g/mol. The molecule has 0 aliphatic rings. The van der Waals surface area contributed by atoms with Crippen molar-refractivity contribution in [3.63, 3.8) is 0 Å². The number of nitrogens with one attached hydrogen (secondary N) is 3. The SMILES string of the molecule is CCOC(=O)/C(C#N)=C/Nc1ccccc1NC(=S)Nc1ccc(C(C)=O)cc1. The summed E-state index contributed by atoms with van der Waals surface area (Å²) >= 11 is 5.34. The lowest BCUT2D eigenvalue weighted by Gasteiger charge is -2.14. The highest BCUT2D eigenvalue weighted by atomic mass is 32.1. The van der Waals surface area contributed by atoms with E-state index in [-0.39, 0.29) is 18.0 Å². The van der Waals surface area contributed by atoms with Gasteiger partial charge in [0.05, 0.1) is 18.0 Å². The monoisotopic (exact) mass is 408 g/mol. The molecule has 0 atom stereocenters. The number of nitriles is 1. The summed E-state index contributed by atoms with van der Waals surface area (Å²) in [5.41, 5.74) is 2.45. The summed E-state index contributed by atoms with van der Waals surface area (Å²) in [5.74, 6) is -0.705. The van der Waals surface area contributed by atoms with Gasteiger partial charge in [0.2, 0.25) is 0 Å². The highest BCUT2D eigenvalue weighted by Gasteiger charge is 2.10. The summed E-state index contributed by atoms with van der Waals surface area (Å²) < 4.78 is 4.83. The number of thiocarbonyl (C=S) groups is 1. The van der Waals surface area contributed by atoms with Gasteiger partial charge >= 0.3 is 5.97 Å². The first-order valence-corrected chi connectivity index (χ1v) is 9.17. The van der Waals surface area contributed by atoms with Gasteiger partial charge in [0, 0.05) is 17.5 Å². The Balaban J connectivity index is 2.08. The van der Waals surface area contributed by atoms with Crippen LogP contribution in [0.1, 0.15) is 24.2 Å². The molecule has 0 radical (unpaired) electrons. The van der Waals surface area contributed by atoms with E-state index in [1.54, 1.807) is 55.5 Å². The minimum absolute atomic E-state index is 0.00938. The molecule has 0 spiro atoms. The van der Waals surface area contributed by atoms with Crippen molar-refractivity contribution < 1.29 is 14.3 Å². The van der Waals surface area contributed by atoms with Crippen LogP contribution >= 0.6 is 12.2 Å². The molecule has 148 valence electrons. The van der Waals surface area contributed by atoms with E-state index in [0.29, 0.717) is 22.1 Å². The second-order valence-corrected chi connectivity index (χ2v) is 6.20. The molecule has 2 aromatic carbocycles. The first-order chi connectivity index (χ1) is 13.9. The van der Waals surface area contributed by atoms with E-state index in [2.05, 4.69) is 16.0 Å². The third-order valence-electron chi connectivity index (χ3n) is 3.71. The molecule has 29 heavy (non-hydrogen) atoms. The van der Waals surface area contributed by atoms with Crippen molar-refractivity contribution in [2.75, 3.05) is 22.6 Å². The molecule has 0 bridgehead atoms. The van der Waals surface area contributed by atoms with Gasteiger partial charge < -0.3 is 20.7 Å². The van der Waals surface area contributed by atoms with E-state index in [1.165, 1.54) is 13.1 Å². The summed E-state index contributed by atoms with van der Waals surface area (Å²) in [5, 5.41) is 18.5. The van der Waals surface area contributed by atoms with Gasteiger partial charge in [0.15, 0.2) is 16.5 Å². The van der Waals surface area contributed by atoms with Gasteiger partial charge in [-0.2, -0.15) is 5.26 Å². The topological polar surface area (TPSA) is 103 Å². The average Bonchev–Trinajstić information content (AvgIpc) is 2.70. The van der Waals surface area contributed by atoms with Crippen LogP contribution in [0.4, 0.5) is 17.1 Å². The molecule has 0 aliphatic carbocycles. The maximum Gasteiger partial charge on any atom is 0.350 e. The zero-order valence-corrected chi connectivity index (χ0v) is 16.8. The summed E-state index contributed by atoms with van der Waals surface area (Å²) in [7, 11) is 0. The number of nitrogens with zero attached hydrogens (tertiary/aromatic N) is 1. The fraction of sp³-hybridized carbons (Fsp3) is 0.143. The van der Waals surface area contributed by atoms with E-state index in [1.807, 2.05) is 6.07 Å². The highest BCUT2D eigenvalue weighted by molar-refractivity contribution is 7.80. The van der Waals surface area contributed by atoms with E-state index in [4.69, 9.17) is 22.2 Å². The number of hydrogen-bond acceptors (Lipinski definition) is 6. The predicted molar refractivity (Wildman–Crippen MR) is 117 cm³/mol. The molecule has 0 saturated heterocycles. The third kappa shape index (κ3) is 6.45. The zero-order chi connectivity index (χ0) is 21.2. The third-order valence-corrected chi connectivity index (χ3v) is 3.92. The van der Waals surface area contributed by atoms with Gasteiger partial charge in [0.1, 0.15) is 6.07 Å². The van der Waals surface area contributed by atoms with E-state index >= 15 is 0 Å². The fourth-order valence-electron chi connectivity index (χ4n) is 2.29. The van der Waals surface area contributed by atoms with Crippen LogP contribution in [0.15, 0.2) is 60.3 Å². The van der Waals surface area contributed by atoms with Crippen LogP contribution in [0.25, 0.3) is 0 Å². The number of rotatable bonds is 7. The van der Waals surface area contributed by atoms with Crippen LogP contribution in [0.5, 0.6) is 0 Å².